The lowest BCUT2D eigenvalue weighted by atomic mass is 10.1. The standard InChI is InChI=1S/C19H23N3O4S/c1-5-15-8-6-7-14(3)17(15)20-18(23)21-19(24)22(27(4,25)26)16-11-9-13(2)10-12-16/h6-12H,5H2,1-4H3,(H2,20,21,23,24). The van der Waals surface area contributed by atoms with Crippen LogP contribution >= 0.6 is 0 Å². The molecular weight excluding hydrogens is 366 g/mol. The van der Waals surface area contributed by atoms with Gasteiger partial charge in [0.2, 0.25) is 10.0 Å². The second-order valence-electron chi connectivity index (χ2n) is 6.21. The van der Waals surface area contributed by atoms with Crippen molar-refractivity contribution in [3.05, 3.63) is 59.2 Å². The van der Waals surface area contributed by atoms with Crippen LogP contribution in [-0.2, 0) is 16.4 Å². The molecular formula is C19H23N3O4S. The predicted molar refractivity (Wildman–Crippen MR) is 107 cm³/mol. The number of hydrogen-bond donors (Lipinski definition) is 2. The van der Waals surface area contributed by atoms with Crippen LogP contribution < -0.4 is 14.9 Å². The van der Waals surface area contributed by atoms with E-state index in [1.165, 1.54) is 12.1 Å². The van der Waals surface area contributed by atoms with Crippen LogP contribution in [-0.4, -0.2) is 26.7 Å². The molecule has 0 aromatic heterocycles. The SMILES string of the molecule is CCc1cccc(C)c1NC(=O)NC(=O)N(c1ccc(C)cc1)S(C)(=O)=O. The number of hydrogen-bond acceptors (Lipinski definition) is 4. The highest BCUT2D eigenvalue weighted by Crippen LogP contribution is 2.21. The van der Waals surface area contributed by atoms with Crippen LogP contribution in [0.25, 0.3) is 0 Å². The molecule has 0 atom stereocenters. The zero-order valence-electron chi connectivity index (χ0n) is 15.7. The molecule has 0 radical (unpaired) electrons. The molecule has 0 heterocycles. The van der Waals surface area contributed by atoms with Gasteiger partial charge in [-0.25, -0.2) is 18.0 Å². The summed E-state index contributed by atoms with van der Waals surface area (Å²) in [7, 11) is -3.93. The number of carbonyl (C=O) groups is 2. The number of amides is 4. The Morgan fingerprint density at radius 1 is 1.04 bits per heavy atom. The summed E-state index contributed by atoms with van der Waals surface area (Å²) in [6.07, 6.45) is 1.60. The summed E-state index contributed by atoms with van der Waals surface area (Å²) in [5.41, 5.74) is 3.42. The topological polar surface area (TPSA) is 95.6 Å². The Bertz CT molecular complexity index is 953. The largest absolute Gasteiger partial charge is 0.343 e. The van der Waals surface area contributed by atoms with E-state index in [4.69, 9.17) is 0 Å². The molecule has 0 fully saturated rings. The summed E-state index contributed by atoms with van der Waals surface area (Å²) in [5.74, 6) is 0. The second kappa shape index (κ2) is 8.22. The molecule has 2 aromatic carbocycles. The number of sulfonamides is 1. The number of anilines is 2. The summed E-state index contributed by atoms with van der Waals surface area (Å²) in [6.45, 7) is 5.63. The number of nitrogens with zero attached hydrogens (tertiary/aromatic N) is 1. The van der Waals surface area contributed by atoms with Crippen LogP contribution in [0, 0.1) is 13.8 Å². The first-order chi connectivity index (χ1) is 12.6. The normalized spacial score (nSPS) is 11.0. The third-order valence-electron chi connectivity index (χ3n) is 3.98. The highest BCUT2D eigenvalue weighted by atomic mass is 32.2. The zero-order valence-corrected chi connectivity index (χ0v) is 16.6. The molecule has 0 aliphatic rings. The molecule has 0 saturated heterocycles. The van der Waals surface area contributed by atoms with Crippen LogP contribution in [0.2, 0.25) is 0 Å². The third kappa shape index (κ3) is 5.07. The van der Waals surface area contributed by atoms with Gasteiger partial charge in [-0.1, -0.05) is 42.8 Å². The van der Waals surface area contributed by atoms with E-state index in [1.54, 1.807) is 12.1 Å². The van der Waals surface area contributed by atoms with Crippen molar-refractivity contribution in [2.75, 3.05) is 15.9 Å². The molecule has 0 bridgehead atoms. The van der Waals surface area contributed by atoms with Crippen LogP contribution in [0.15, 0.2) is 42.5 Å². The van der Waals surface area contributed by atoms with Gasteiger partial charge in [-0.2, -0.15) is 4.31 Å². The fourth-order valence-electron chi connectivity index (χ4n) is 2.63. The van der Waals surface area contributed by atoms with Crippen molar-refractivity contribution < 1.29 is 18.0 Å². The Balaban J connectivity index is 2.23. The molecule has 4 amide bonds. The first-order valence-electron chi connectivity index (χ1n) is 8.41. The molecule has 0 spiro atoms. The molecule has 144 valence electrons. The van der Waals surface area contributed by atoms with Crippen molar-refractivity contribution >= 4 is 33.5 Å². The van der Waals surface area contributed by atoms with E-state index in [0.717, 1.165) is 22.9 Å². The van der Waals surface area contributed by atoms with Gasteiger partial charge in [-0.15, -0.1) is 0 Å². The average Bonchev–Trinajstić information content (AvgIpc) is 2.57. The van der Waals surface area contributed by atoms with Crippen molar-refractivity contribution in [2.45, 2.75) is 27.2 Å². The number of urea groups is 2. The molecule has 0 aliphatic carbocycles. The van der Waals surface area contributed by atoms with Gasteiger partial charge in [0.25, 0.3) is 0 Å². The lowest BCUT2D eigenvalue weighted by molar-refractivity contribution is 0.238. The zero-order chi connectivity index (χ0) is 20.2. The highest BCUT2D eigenvalue weighted by molar-refractivity contribution is 7.92. The Morgan fingerprint density at radius 2 is 1.67 bits per heavy atom. The molecule has 0 aliphatic heterocycles. The van der Waals surface area contributed by atoms with Gasteiger partial charge < -0.3 is 5.32 Å². The van der Waals surface area contributed by atoms with Gasteiger partial charge >= 0.3 is 12.1 Å². The van der Waals surface area contributed by atoms with Crippen molar-refractivity contribution in [1.82, 2.24) is 5.32 Å². The van der Waals surface area contributed by atoms with Gasteiger partial charge in [0, 0.05) is 5.69 Å². The maximum atomic E-state index is 12.5. The number of carbonyl (C=O) groups excluding carboxylic acids is 2. The highest BCUT2D eigenvalue weighted by Gasteiger charge is 2.27. The molecule has 27 heavy (non-hydrogen) atoms. The summed E-state index contributed by atoms with van der Waals surface area (Å²) in [6, 6.07) is 10.1. The summed E-state index contributed by atoms with van der Waals surface area (Å²) < 4.78 is 24.7. The Morgan fingerprint density at radius 3 is 2.22 bits per heavy atom. The van der Waals surface area contributed by atoms with Crippen LogP contribution in [0.4, 0.5) is 21.0 Å². The minimum Gasteiger partial charge on any atom is -0.307 e. The van der Waals surface area contributed by atoms with E-state index in [1.807, 2.05) is 39.0 Å². The third-order valence-corrected chi connectivity index (χ3v) is 5.02. The Labute approximate surface area is 159 Å². The predicted octanol–water partition coefficient (Wildman–Crippen LogP) is 3.57. The van der Waals surface area contributed by atoms with E-state index >= 15 is 0 Å². The smallest absolute Gasteiger partial charge is 0.307 e. The molecule has 8 heteroatoms. The summed E-state index contributed by atoms with van der Waals surface area (Å²) in [4.78, 5) is 24.8. The summed E-state index contributed by atoms with van der Waals surface area (Å²) >= 11 is 0. The monoisotopic (exact) mass is 389 g/mol. The first-order valence-corrected chi connectivity index (χ1v) is 10.3. The van der Waals surface area contributed by atoms with E-state index in [-0.39, 0.29) is 5.69 Å². The Kier molecular flexibility index (Phi) is 6.22. The van der Waals surface area contributed by atoms with Gasteiger partial charge in [0.05, 0.1) is 11.9 Å². The first kappa shape index (κ1) is 20.4. The van der Waals surface area contributed by atoms with Gasteiger partial charge in [0.15, 0.2) is 0 Å². The lowest BCUT2D eigenvalue weighted by Crippen LogP contribution is -2.47. The van der Waals surface area contributed by atoms with E-state index in [2.05, 4.69) is 10.6 Å². The molecule has 0 unspecified atom stereocenters. The maximum absolute atomic E-state index is 12.5. The number of benzene rings is 2. The Hall–Kier alpha value is -2.87. The quantitative estimate of drug-likeness (QED) is 0.835. The van der Waals surface area contributed by atoms with Crippen molar-refractivity contribution in [1.29, 1.82) is 0 Å². The van der Waals surface area contributed by atoms with E-state index in [0.29, 0.717) is 16.4 Å². The van der Waals surface area contributed by atoms with Gasteiger partial charge in [0.1, 0.15) is 0 Å². The van der Waals surface area contributed by atoms with Crippen molar-refractivity contribution in [3.8, 4) is 0 Å². The van der Waals surface area contributed by atoms with Gasteiger partial charge in [-0.05, 0) is 43.5 Å². The molecule has 2 aromatic rings. The minimum absolute atomic E-state index is 0.151. The van der Waals surface area contributed by atoms with E-state index < -0.39 is 22.1 Å². The fourth-order valence-corrected chi connectivity index (χ4v) is 3.49. The molecule has 2 N–H and O–H groups in total. The number of imide groups is 1. The number of aryl methyl sites for hydroxylation is 3. The second-order valence-corrected chi connectivity index (χ2v) is 8.04. The average molecular weight is 389 g/mol. The minimum atomic E-state index is -3.93. The fraction of sp³-hybridized carbons (Fsp3) is 0.263. The van der Waals surface area contributed by atoms with Crippen molar-refractivity contribution in [3.63, 3.8) is 0 Å². The van der Waals surface area contributed by atoms with Crippen molar-refractivity contribution in [2.24, 2.45) is 0 Å². The van der Waals surface area contributed by atoms with Crippen LogP contribution in [0.3, 0.4) is 0 Å². The number of rotatable bonds is 4. The van der Waals surface area contributed by atoms with Gasteiger partial charge in [-0.3, -0.25) is 5.32 Å². The molecule has 0 saturated carbocycles. The molecule has 7 nitrogen and oxygen atoms in total. The summed E-state index contributed by atoms with van der Waals surface area (Å²) in [5, 5.41) is 4.72. The maximum Gasteiger partial charge on any atom is 0.343 e. The number of nitrogens with one attached hydrogen (secondary N) is 2. The van der Waals surface area contributed by atoms with Crippen LogP contribution in [0.1, 0.15) is 23.6 Å². The van der Waals surface area contributed by atoms with E-state index in [9.17, 15) is 18.0 Å². The van der Waals surface area contributed by atoms with Crippen LogP contribution in [0.5, 0.6) is 0 Å². The lowest BCUT2D eigenvalue weighted by Gasteiger charge is -2.21. The molecule has 2 rings (SSSR count). The number of para-hydroxylation sites is 1.